The quantitative estimate of drug-likeness (QED) is 0.687. The standard InChI is InChI=1S/C24H30N2O3/c1-28-22-12-6-11-21(24(22)29-2)13-14-23(27)26-18-16-25(17-19-26)15-7-10-20-8-4-3-5-9-20/h3-12H,13-19H2,1-2H3/b10-7+. The second-order valence-electron chi connectivity index (χ2n) is 7.15. The van der Waals surface area contributed by atoms with Crippen LogP contribution in [-0.4, -0.2) is 62.7 Å². The largest absolute Gasteiger partial charge is 0.493 e. The minimum absolute atomic E-state index is 0.203. The molecule has 0 spiro atoms. The summed E-state index contributed by atoms with van der Waals surface area (Å²) in [6.45, 7) is 4.30. The Morgan fingerprint density at radius 3 is 2.41 bits per heavy atom. The van der Waals surface area contributed by atoms with Gasteiger partial charge in [-0.05, 0) is 23.6 Å². The summed E-state index contributed by atoms with van der Waals surface area (Å²) >= 11 is 0. The molecule has 0 unspecified atom stereocenters. The van der Waals surface area contributed by atoms with Crippen LogP contribution in [0.4, 0.5) is 0 Å². The fourth-order valence-corrected chi connectivity index (χ4v) is 3.63. The normalized spacial score (nSPS) is 14.9. The zero-order valence-corrected chi connectivity index (χ0v) is 17.3. The van der Waals surface area contributed by atoms with E-state index in [2.05, 4.69) is 29.2 Å². The van der Waals surface area contributed by atoms with Gasteiger partial charge in [0, 0.05) is 39.1 Å². The van der Waals surface area contributed by atoms with Gasteiger partial charge in [0.1, 0.15) is 0 Å². The molecule has 29 heavy (non-hydrogen) atoms. The molecule has 0 aromatic heterocycles. The highest BCUT2D eigenvalue weighted by molar-refractivity contribution is 5.76. The topological polar surface area (TPSA) is 42.0 Å². The van der Waals surface area contributed by atoms with Gasteiger partial charge in [0.25, 0.3) is 0 Å². The number of methoxy groups -OCH3 is 2. The Morgan fingerprint density at radius 2 is 1.72 bits per heavy atom. The number of benzene rings is 2. The average Bonchev–Trinajstić information content (AvgIpc) is 2.78. The molecule has 1 amide bonds. The summed E-state index contributed by atoms with van der Waals surface area (Å²) in [5.41, 5.74) is 2.22. The maximum atomic E-state index is 12.7. The monoisotopic (exact) mass is 394 g/mol. The molecule has 0 atom stereocenters. The maximum Gasteiger partial charge on any atom is 0.222 e. The van der Waals surface area contributed by atoms with E-state index in [0.29, 0.717) is 18.6 Å². The summed E-state index contributed by atoms with van der Waals surface area (Å²) in [6.07, 6.45) is 5.48. The molecule has 0 aliphatic carbocycles. The Morgan fingerprint density at radius 1 is 0.966 bits per heavy atom. The summed E-state index contributed by atoms with van der Waals surface area (Å²) in [5, 5.41) is 0. The lowest BCUT2D eigenvalue weighted by atomic mass is 10.1. The second kappa shape index (κ2) is 10.7. The van der Waals surface area contributed by atoms with Gasteiger partial charge in [-0.25, -0.2) is 0 Å². The third-order valence-corrected chi connectivity index (χ3v) is 5.29. The van der Waals surface area contributed by atoms with E-state index in [1.54, 1.807) is 14.2 Å². The zero-order valence-electron chi connectivity index (χ0n) is 17.3. The van der Waals surface area contributed by atoms with Gasteiger partial charge >= 0.3 is 0 Å². The van der Waals surface area contributed by atoms with Gasteiger partial charge in [0.15, 0.2) is 11.5 Å². The van der Waals surface area contributed by atoms with E-state index >= 15 is 0 Å². The Bertz CT molecular complexity index is 812. The molecule has 1 aliphatic heterocycles. The van der Waals surface area contributed by atoms with Crippen LogP contribution < -0.4 is 9.47 Å². The predicted octanol–water partition coefficient (Wildman–Crippen LogP) is 3.49. The van der Waals surface area contributed by atoms with Crippen LogP contribution in [0.15, 0.2) is 54.6 Å². The number of nitrogens with zero attached hydrogens (tertiary/aromatic N) is 2. The van der Waals surface area contributed by atoms with Crippen LogP contribution >= 0.6 is 0 Å². The summed E-state index contributed by atoms with van der Waals surface area (Å²) < 4.78 is 10.8. The first-order valence-corrected chi connectivity index (χ1v) is 10.1. The van der Waals surface area contributed by atoms with Crippen molar-refractivity contribution in [1.82, 2.24) is 9.80 Å². The average molecular weight is 395 g/mol. The SMILES string of the molecule is COc1cccc(CCC(=O)N2CCN(C/C=C/c3ccccc3)CC2)c1OC. The van der Waals surface area contributed by atoms with E-state index in [9.17, 15) is 4.79 Å². The number of rotatable bonds is 8. The van der Waals surface area contributed by atoms with E-state index in [1.807, 2.05) is 41.3 Å². The van der Waals surface area contributed by atoms with Crippen molar-refractivity contribution >= 4 is 12.0 Å². The van der Waals surface area contributed by atoms with Gasteiger partial charge < -0.3 is 14.4 Å². The molecule has 0 saturated carbocycles. The molecular formula is C24H30N2O3. The highest BCUT2D eigenvalue weighted by Gasteiger charge is 2.21. The first-order valence-electron chi connectivity index (χ1n) is 10.1. The van der Waals surface area contributed by atoms with Gasteiger partial charge in [0.05, 0.1) is 14.2 Å². The van der Waals surface area contributed by atoms with E-state index in [1.165, 1.54) is 5.56 Å². The van der Waals surface area contributed by atoms with Crippen molar-refractivity contribution in [3.63, 3.8) is 0 Å². The van der Waals surface area contributed by atoms with Gasteiger partial charge in [-0.2, -0.15) is 0 Å². The van der Waals surface area contributed by atoms with Crippen molar-refractivity contribution in [1.29, 1.82) is 0 Å². The summed E-state index contributed by atoms with van der Waals surface area (Å²) in [5.74, 6) is 1.63. The predicted molar refractivity (Wildman–Crippen MR) is 116 cm³/mol. The lowest BCUT2D eigenvalue weighted by Gasteiger charge is -2.34. The molecule has 154 valence electrons. The number of hydrogen-bond donors (Lipinski definition) is 0. The molecule has 1 fully saturated rings. The van der Waals surface area contributed by atoms with E-state index in [4.69, 9.17) is 9.47 Å². The summed E-state index contributed by atoms with van der Waals surface area (Å²) in [6, 6.07) is 16.1. The van der Waals surface area contributed by atoms with Crippen LogP contribution in [0.5, 0.6) is 11.5 Å². The first kappa shape index (κ1) is 20.9. The molecule has 2 aromatic carbocycles. The molecule has 5 nitrogen and oxygen atoms in total. The van der Waals surface area contributed by atoms with Crippen molar-refractivity contribution in [2.45, 2.75) is 12.8 Å². The molecule has 0 bridgehead atoms. The number of ether oxygens (including phenoxy) is 2. The summed E-state index contributed by atoms with van der Waals surface area (Å²) in [4.78, 5) is 17.0. The number of aryl methyl sites for hydroxylation is 1. The lowest BCUT2D eigenvalue weighted by Crippen LogP contribution is -2.48. The number of para-hydroxylation sites is 1. The van der Waals surface area contributed by atoms with Crippen LogP contribution in [0, 0.1) is 0 Å². The summed E-state index contributed by atoms with van der Waals surface area (Å²) in [7, 11) is 3.26. The Balaban J connectivity index is 1.44. The van der Waals surface area contributed by atoms with Crippen molar-refractivity contribution in [2.75, 3.05) is 46.9 Å². The molecule has 5 heteroatoms. The number of carbonyl (C=O) groups excluding carboxylic acids is 1. The first-order chi connectivity index (χ1) is 14.2. The third kappa shape index (κ3) is 5.84. The highest BCUT2D eigenvalue weighted by Crippen LogP contribution is 2.31. The molecule has 2 aromatic rings. The van der Waals surface area contributed by atoms with Gasteiger partial charge in [0.2, 0.25) is 5.91 Å². The maximum absolute atomic E-state index is 12.7. The van der Waals surface area contributed by atoms with Crippen molar-refractivity contribution < 1.29 is 14.3 Å². The van der Waals surface area contributed by atoms with Gasteiger partial charge in [-0.3, -0.25) is 9.69 Å². The van der Waals surface area contributed by atoms with Crippen molar-refractivity contribution in [3.8, 4) is 11.5 Å². The van der Waals surface area contributed by atoms with Crippen molar-refractivity contribution in [2.24, 2.45) is 0 Å². The zero-order chi connectivity index (χ0) is 20.5. The number of piperazine rings is 1. The lowest BCUT2D eigenvalue weighted by molar-refractivity contribution is -0.132. The molecule has 3 rings (SSSR count). The van der Waals surface area contributed by atoms with Gasteiger partial charge in [-0.15, -0.1) is 0 Å². The van der Waals surface area contributed by atoms with E-state index in [-0.39, 0.29) is 5.91 Å². The molecule has 0 radical (unpaired) electrons. The molecule has 1 aliphatic rings. The van der Waals surface area contributed by atoms with E-state index < -0.39 is 0 Å². The Labute approximate surface area is 173 Å². The highest BCUT2D eigenvalue weighted by atomic mass is 16.5. The van der Waals surface area contributed by atoms with E-state index in [0.717, 1.165) is 44.0 Å². The number of hydrogen-bond acceptors (Lipinski definition) is 4. The van der Waals surface area contributed by atoms with Crippen LogP contribution in [-0.2, 0) is 11.2 Å². The molecule has 1 heterocycles. The number of amides is 1. The molecule has 0 N–H and O–H groups in total. The minimum Gasteiger partial charge on any atom is -0.493 e. The van der Waals surface area contributed by atoms with Crippen LogP contribution in [0.1, 0.15) is 17.5 Å². The minimum atomic E-state index is 0.203. The van der Waals surface area contributed by atoms with Crippen LogP contribution in [0.25, 0.3) is 6.08 Å². The molecular weight excluding hydrogens is 364 g/mol. The van der Waals surface area contributed by atoms with Crippen LogP contribution in [0.3, 0.4) is 0 Å². The molecule has 1 saturated heterocycles. The Hall–Kier alpha value is -2.79. The fourth-order valence-electron chi connectivity index (χ4n) is 3.63. The van der Waals surface area contributed by atoms with Crippen molar-refractivity contribution in [3.05, 3.63) is 65.7 Å². The second-order valence-corrected chi connectivity index (χ2v) is 7.15. The fraction of sp³-hybridized carbons (Fsp3) is 0.375. The Kier molecular flexibility index (Phi) is 7.70. The van der Waals surface area contributed by atoms with Crippen LogP contribution in [0.2, 0.25) is 0 Å². The third-order valence-electron chi connectivity index (χ3n) is 5.29. The smallest absolute Gasteiger partial charge is 0.222 e. The van der Waals surface area contributed by atoms with Gasteiger partial charge in [-0.1, -0.05) is 54.6 Å². The number of carbonyl (C=O) groups is 1.